The minimum Gasteiger partial charge on any atom is -0.349 e. The van der Waals surface area contributed by atoms with Gasteiger partial charge in [-0.25, -0.2) is 0 Å². The molecule has 2 aromatic carbocycles. The highest BCUT2D eigenvalue weighted by Gasteiger charge is 2.42. The number of benzene rings is 2. The SMILES string of the molecule is Cc1cccc(C)c1C(=O)N1C[C@H]2CN(CCC(NC(=O)C3CCCC3)c3ccccc3)C[C@H]2C1. The van der Waals surface area contributed by atoms with Crippen molar-refractivity contribution in [2.45, 2.75) is 52.0 Å². The lowest BCUT2D eigenvalue weighted by molar-refractivity contribution is -0.125. The normalized spacial score (nSPS) is 23.4. The molecule has 2 saturated heterocycles. The van der Waals surface area contributed by atoms with Gasteiger partial charge < -0.3 is 15.1 Å². The summed E-state index contributed by atoms with van der Waals surface area (Å²) in [6.45, 7) is 8.84. The molecule has 1 N–H and O–H groups in total. The van der Waals surface area contributed by atoms with E-state index in [0.29, 0.717) is 11.8 Å². The second kappa shape index (κ2) is 10.5. The molecule has 5 heteroatoms. The van der Waals surface area contributed by atoms with Crippen molar-refractivity contribution >= 4 is 11.8 Å². The summed E-state index contributed by atoms with van der Waals surface area (Å²) in [6, 6.07) is 16.6. The largest absolute Gasteiger partial charge is 0.349 e. The summed E-state index contributed by atoms with van der Waals surface area (Å²) in [5.74, 6) is 1.71. The van der Waals surface area contributed by atoms with E-state index in [1.807, 2.05) is 38.1 Å². The molecule has 186 valence electrons. The summed E-state index contributed by atoms with van der Waals surface area (Å²) in [4.78, 5) is 30.8. The molecule has 1 aliphatic carbocycles. The van der Waals surface area contributed by atoms with Crippen molar-refractivity contribution in [3.63, 3.8) is 0 Å². The van der Waals surface area contributed by atoms with Crippen LogP contribution in [0.1, 0.15) is 65.2 Å². The van der Waals surface area contributed by atoms with Crippen LogP contribution in [-0.4, -0.2) is 54.3 Å². The van der Waals surface area contributed by atoms with E-state index >= 15 is 0 Å². The highest BCUT2D eigenvalue weighted by Crippen LogP contribution is 2.33. The van der Waals surface area contributed by atoms with Gasteiger partial charge in [-0.1, -0.05) is 61.4 Å². The van der Waals surface area contributed by atoms with Crippen molar-refractivity contribution in [2.24, 2.45) is 17.8 Å². The zero-order valence-electron chi connectivity index (χ0n) is 21.2. The van der Waals surface area contributed by atoms with Crippen molar-refractivity contribution in [1.29, 1.82) is 0 Å². The third-order valence-electron chi connectivity index (χ3n) is 8.52. The van der Waals surface area contributed by atoms with Crippen LogP contribution in [0.25, 0.3) is 0 Å². The molecule has 0 aromatic heterocycles. The lowest BCUT2D eigenvalue weighted by Crippen LogP contribution is -2.37. The van der Waals surface area contributed by atoms with Crippen LogP contribution in [0.2, 0.25) is 0 Å². The highest BCUT2D eigenvalue weighted by atomic mass is 16.2. The molecular weight excluding hydrogens is 434 g/mol. The van der Waals surface area contributed by atoms with Gasteiger partial charge in [-0.2, -0.15) is 0 Å². The number of likely N-dealkylation sites (tertiary alicyclic amines) is 2. The maximum absolute atomic E-state index is 13.3. The number of carbonyl (C=O) groups excluding carboxylic acids is 2. The van der Waals surface area contributed by atoms with Crippen molar-refractivity contribution in [3.8, 4) is 0 Å². The Morgan fingerprint density at radius 1 is 0.886 bits per heavy atom. The first kappa shape index (κ1) is 24.1. The third-order valence-corrected chi connectivity index (χ3v) is 8.52. The van der Waals surface area contributed by atoms with Gasteiger partial charge in [0, 0.05) is 44.2 Å². The number of fused-ring (bicyclic) bond motifs is 1. The average molecular weight is 474 g/mol. The minimum absolute atomic E-state index is 0.0619. The molecule has 1 saturated carbocycles. The second-order valence-corrected chi connectivity index (χ2v) is 11.0. The van der Waals surface area contributed by atoms with Gasteiger partial charge >= 0.3 is 0 Å². The quantitative estimate of drug-likeness (QED) is 0.632. The fourth-order valence-corrected chi connectivity index (χ4v) is 6.55. The average Bonchev–Trinajstić information content (AvgIpc) is 3.59. The third kappa shape index (κ3) is 5.30. The number of amides is 2. The van der Waals surface area contributed by atoms with Gasteiger partial charge in [0.05, 0.1) is 6.04 Å². The first-order valence-corrected chi connectivity index (χ1v) is 13.4. The second-order valence-electron chi connectivity index (χ2n) is 11.0. The number of carbonyl (C=O) groups is 2. The van der Waals surface area contributed by atoms with Crippen molar-refractivity contribution < 1.29 is 9.59 Å². The number of aryl methyl sites for hydroxylation is 2. The van der Waals surface area contributed by atoms with Crippen LogP contribution in [0.5, 0.6) is 0 Å². The molecule has 3 fully saturated rings. The lowest BCUT2D eigenvalue weighted by Gasteiger charge is -2.26. The molecule has 0 radical (unpaired) electrons. The van der Waals surface area contributed by atoms with Crippen LogP contribution in [0.4, 0.5) is 0 Å². The molecule has 5 rings (SSSR count). The standard InChI is InChI=1S/C30H39N3O2/c1-21-9-8-10-22(2)28(21)30(35)33-19-25-17-32(18-26(25)20-33)16-15-27(23-11-4-3-5-12-23)31-29(34)24-13-6-7-14-24/h3-5,8-12,24-27H,6-7,13-20H2,1-2H3,(H,31,34)/t25-,26+,27?. The Labute approximate surface area is 209 Å². The lowest BCUT2D eigenvalue weighted by atomic mass is 10.0. The number of rotatable bonds is 7. The van der Waals surface area contributed by atoms with Crippen LogP contribution >= 0.6 is 0 Å². The fraction of sp³-hybridized carbons (Fsp3) is 0.533. The molecule has 3 atom stereocenters. The summed E-state index contributed by atoms with van der Waals surface area (Å²) in [5, 5.41) is 3.38. The van der Waals surface area contributed by atoms with E-state index in [-0.39, 0.29) is 23.8 Å². The van der Waals surface area contributed by atoms with Gasteiger partial charge in [0.15, 0.2) is 0 Å². The number of nitrogens with one attached hydrogen (secondary N) is 1. The smallest absolute Gasteiger partial charge is 0.254 e. The Morgan fingerprint density at radius 3 is 2.14 bits per heavy atom. The van der Waals surface area contributed by atoms with Gasteiger partial charge in [-0.05, 0) is 61.6 Å². The Bertz CT molecular complexity index is 1010. The summed E-state index contributed by atoms with van der Waals surface area (Å²) >= 11 is 0. The van der Waals surface area contributed by atoms with Crippen LogP contribution < -0.4 is 5.32 Å². The van der Waals surface area contributed by atoms with E-state index in [9.17, 15) is 9.59 Å². The van der Waals surface area contributed by atoms with E-state index in [1.165, 1.54) is 18.4 Å². The Hall–Kier alpha value is -2.66. The fourth-order valence-electron chi connectivity index (χ4n) is 6.55. The molecule has 0 bridgehead atoms. The van der Waals surface area contributed by atoms with E-state index in [2.05, 4.69) is 39.4 Å². The summed E-state index contributed by atoms with van der Waals surface area (Å²) in [6.07, 6.45) is 5.33. The maximum Gasteiger partial charge on any atom is 0.254 e. The van der Waals surface area contributed by atoms with Gasteiger partial charge in [0.2, 0.25) is 5.91 Å². The molecule has 2 aromatic rings. The Kier molecular flexibility index (Phi) is 7.24. The molecule has 5 nitrogen and oxygen atoms in total. The molecular formula is C30H39N3O2. The summed E-state index contributed by atoms with van der Waals surface area (Å²) < 4.78 is 0. The highest BCUT2D eigenvalue weighted by molar-refractivity contribution is 5.97. The first-order valence-electron chi connectivity index (χ1n) is 13.4. The molecule has 0 spiro atoms. The van der Waals surface area contributed by atoms with E-state index in [0.717, 1.165) is 68.7 Å². The van der Waals surface area contributed by atoms with Crippen molar-refractivity contribution in [1.82, 2.24) is 15.1 Å². The van der Waals surface area contributed by atoms with Gasteiger partial charge in [-0.3, -0.25) is 9.59 Å². The van der Waals surface area contributed by atoms with Crippen molar-refractivity contribution in [2.75, 3.05) is 32.7 Å². The van der Waals surface area contributed by atoms with Crippen LogP contribution in [0.15, 0.2) is 48.5 Å². The zero-order chi connectivity index (χ0) is 24.4. The molecule has 1 unspecified atom stereocenters. The van der Waals surface area contributed by atoms with Gasteiger partial charge in [-0.15, -0.1) is 0 Å². The maximum atomic E-state index is 13.3. The van der Waals surface area contributed by atoms with E-state index in [4.69, 9.17) is 0 Å². The summed E-state index contributed by atoms with van der Waals surface area (Å²) in [5.41, 5.74) is 4.22. The molecule has 3 aliphatic rings. The van der Waals surface area contributed by atoms with Crippen molar-refractivity contribution in [3.05, 3.63) is 70.8 Å². The first-order chi connectivity index (χ1) is 17.0. The van der Waals surface area contributed by atoms with Gasteiger partial charge in [0.25, 0.3) is 5.91 Å². The molecule has 2 heterocycles. The molecule has 2 aliphatic heterocycles. The van der Waals surface area contributed by atoms with Crippen LogP contribution in [0, 0.1) is 31.6 Å². The van der Waals surface area contributed by atoms with Crippen LogP contribution in [-0.2, 0) is 4.79 Å². The Morgan fingerprint density at radius 2 is 1.51 bits per heavy atom. The monoisotopic (exact) mass is 473 g/mol. The van der Waals surface area contributed by atoms with Gasteiger partial charge in [0.1, 0.15) is 0 Å². The molecule has 35 heavy (non-hydrogen) atoms. The minimum atomic E-state index is 0.0619. The number of hydrogen-bond donors (Lipinski definition) is 1. The van der Waals surface area contributed by atoms with Crippen LogP contribution in [0.3, 0.4) is 0 Å². The number of nitrogens with zero attached hydrogens (tertiary/aromatic N) is 2. The molecule has 2 amide bonds. The van der Waals surface area contributed by atoms with E-state index < -0.39 is 0 Å². The summed E-state index contributed by atoms with van der Waals surface area (Å²) in [7, 11) is 0. The zero-order valence-corrected chi connectivity index (χ0v) is 21.2. The number of hydrogen-bond acceptors (Lipinski definition) is 3. The topological polar surface area (TPSA) is 52.7 Å². The predicted octanol–water partition coefficient (Wildman–Crippen LogP) is 4.75. The predicted molar refractivity (Wildman–Crippen MR) is 139 cm³/mol. The van der Waals surface area contributed by atoms with E-state index in [1.54, 1.807) is 0 Å². The Balaban J connectivity index is 1.17.